The smallest absolute Gasteiger partial charge is 0.248 e. The van der Waals surface area contributed by atoms with Crippen molar-refractivity contribution in [1.82, 2.24) is 0 Å². The molecule has 1 saturated carbocycles. The monoisotopic (exact) mass is 311 g/mol. The van der Waals surface area contributed by atoms with Crippen LogP contribution >= 0.6 is 0 Å². The number of amides is 1. The van der Waals surface area contributed by atoms with E-state index in [1.54, 1.807) is 13.2 Å². The van der Waals surface area contributed by atoms with Crippen molar-refractivity contribution in [3.8, 4) is 5.75 Å². The number of carbonyl (C=O) groups is 1. The summed E-state index contributed by atoms with van der Waals surface area (Å²) in [4.78, 5) is 12.1. The number of rotatable bonds is 5. The van der Waals surface area contributed by atoms with E-state index in [-0.39, 0.29) is 5.91 Å². The summed E-state index contributed by atoms with van der Waals surface area (Å²) in [6.45, 7) is 4.18. The lowest BCUT2D eigenvalue weighted by atomic mass is 10.2. The Bertz CT molecular complexity index is 745. The lowest BCUT2D eigenvalue weighted by Gasteiger charge is -2.09. The summed E-state index contributed by atoms with van der Waals surface area (Å²) in [6.07, 6.45) is 4.35. The molecule has 1 N–H and O–H groups in total. The van der Waals surface area contributed by atoms with Gasteiger partial charge in [0.25, 0.3) is 0 Å². The highest BCUT2D eigenvalue weighted by atomic mass is 16.5. The minimum atomic E-state index is -0.216. The number of methoxy groups -OCH3 is 1. The summed E-state index contributed by atoms with van der Waals surface area (Å²) in [6, 6.07) is 9.55. The molecule has 1 aromatic heterocycles. The number of nitrogens with one attached hydrogen (secondary N) is 1. The summed E-state index contributed by atoms with van der Waals surface area (Å²) in [5.41, 5.74) is 1.72. The topological polar surface area (TPSA) is 51.5 Å². The van der Waals surface area contributed by atoms with Crippen molar-refractivity contribution >= 4 is 17.7 Å². The van der Waals surface area contributed by atoms with Gasteiger partial charge in [-0.05, 0) is 55.2 Å². The molecule has 0 spiro atoms. The molecule has 4 heteroatoms. The van der Waals surface area contributed by atoms with Crippen LogP contribution in [0, 0.1) is 12.8 Å². The molecule has 120 valence electrons. The number of furan rings is 1. The maximum atomic E-state index is 12.1. The SMILES string of the molecule is COc1ccc(C)cc1NC(=O)C=Cc1ccc(C2CC2C)o1. The van der Waals surface area contributed by atoms with E-state index in [1.165, 1.54) is 12.5 Å². The predicted octanol–water partition coefficient (Wildman–Crippen LogP) is 4.37. The highest BCUT2D eigenvalue weighted by Gasteiger charge is 2.36. The number of aryl methyl sites for hydroxylation is 1. The van der Waals surface area contributed by atoms with Crippen LogP contribution in [0.25, 0.3) is 6.08 Å². The summed E-state index contributed by atoms with van der Waals surface area (Å²) in [5.74, 6) is 3.38. The van der Waals surface area contributed by atoms with E-state index in [9.17, 15) is 4.79 Å². The second kappa shape index (κ2) is 6.32. The Kier molecular flexibility index (Phi) is 4.24. The molecule has 2 aromatic rings. The van der Waals surface area contributed by atoms with E-state index >= 15 is 0 Å². The average Bonchev–Trinajstić information content (AvgIpc) is 3.07. The van der Waals surface area contributed by atoms with Gasteiger partial charge >= 0.3 is 0 Å². The van der Waals surface area contributed by atoms with Crippen LogP contribution in [0.1, 0.15) is 36.3 Å². The van der Waals surface area contributed by atoms with E-state index in [1.807, 2.05) is 37.3 Å². The van der Waals surface area contributed by atoms with E-state index in [0.717, 1.165) is 11.3 Å². The molecule has 1 aromatic carbocycles. The number of hydrogen-bond acceptors (Lipinski definition) is 3. The van der Waals surface area contributed by atoms with Crippen LogP contribution < -0.4 is 10.1 Å². The largest absolute Gasteiger partial charge is 0.495 e. The molecule has 1 fully saturated rings. The quantitative estimate of drug-likeness (QED) is 0.834. The number of anilines is 1. The number of benzene rings is 1. The highest BCUT2D eigenvalue weighted by Crippen LogP contribution is 2.47. The van der Waals surface area contributed by atoms with Gasteiger partial charge in [-0.3, -0.25) is 4.79 Å². The van der Waals surface area contributed by atoms with Gasteiger partial charge in [0.05, 0.1) is 12.8 Å². The molecule has 23 heavy (non-hydrogen) atoms. The first-order valence-electron chi connectivity index (χ1n) is 7.80. The minimum absolute atomic E-state index is 0.216. The molecule has 1 aliphatic rings. The summed E-state index contributed by atoms with van der Waals surface area (Å²) >= 11 is 0. The molecule has 0 bridgehead atoms. The van der Waals surface area contributed by atoms with Crippen molar-refractivity contribution in [3.05, 3.63) is 53.5 Å². The molecule has 0 aliphatic heterocycles. The van der Waals surface area contributed by atoms with Gasteiger partial charge in [-0.1, -0.05) is 13.0 Å². The fourth-order valence-corrected chi connectivity index (χ4v) is 2.63. The van der Waals surface area contributed by atoms with Crippen molar-refractivity contribution < 1.29 is 13.9 Å². The minimum Gasteiger partial charge on any atom is -0.495 e. The van der Waals surface area contributed by atoms with Gasteiger partial charge < -0.3 is 14.5 Å². The third kappa shape index (κ3) is 3.65. The summed E-state index contributed by atoms with van der Waals surface area (Å²) in [7, 11) is 1.58. The maximum absolute atomic E-state index is 12.1. The Hall–Kier alpha value is -2.49. The lowest BCUT2D eigenvalue weighted by molar-refractivity contribution is -0.111. The molecular weight excluding hydrogens is 290 g/mol. The summed E-state index contributed by atoms with van der Waals surface area (Å²) < 4.78 is 11.0. The fraction of sp³-hybridized carbons (Fsp3) is 0.316. The molecule has 0 radical (unpaired) electrons. The van der Waals surface area contributed by atoms with E-state index in [4.69, 9.17) is 9.15 Å². The van der Waals surface area contributed by atoms with Gasteiger partial charge in [0, 0.05) is 12.0 Å². The van der Waals surface area contributed by atoms with E-state index < -0.39 is 0 Å². The zero-order chi connectivity index (χ0) is 16.4. The van der Waals surface area contributed by atoms with Gasteiger partial charge in [0.1, 0.15) is 17.3 Å². The molecule has 1 aliphatic carbocycles. The van der Waals surface area contributed by atoms with Gasteiger partial charge in [-0.15, -0.1) is 0 Å². The lowest BCUT2D eigenvalue weighted by Crippen LogP contribution is -2.09. The Morgan fingerprint density at radius 2 is 2.13 bits per heavy atom. The Labute approximate surface area is 136 Å². The van der Waals surface area contributed by atoms with Gasteiger partial charge in [-0.25, -0.2) is 0 Å². The van der Waals surface area contributed by atoms with Crippen LogP contribution in [0.5, 0.6) is 5.75 Å². The van der Waals surface area contributed by atoms with Crippen LogP contribution in [-0.4, -0.2) is 13.0 Å². The predicted molar refractivity (Wildman–Crippen MR) is 90.6 cm³/mol. The van der Waals surface area contributed by atoms with Crippen molar-refractivity contribution in [2.24, 2.45) is 5.92 Å². The van der Waals surface area contributed by atoms with Crippen LogP contribution in [-0.2, 0) is 4.79 Å². The number of hydrogen-bond donors (Lipinski definition) is 1. The van der Waals surface area contributed by atoms with Crippen molar-refractivity contribution in [2.45, 2.75) is 26.2 Å². The Balaban J connectivity index is 1.65. The van der Waals surface area contributed by atoms with Crippen LogP contribution in [0.2, 0.25) is 0 Å². The molecule has 1 amide bonds. The van der Waals surface area contributed by atoms with Gasteiger partial charge in [0.15, 0.2) is 0 Å². The van der Waals surface area contributed by atoms with E-state index in [2.05, 4.69) is 12.2 Å². The first-order chi connectivity index (χ1) is 11.1. The molecule has 3 rings (SSSR count). The standard InChI is InChI=1S/C19H21NO3/c1-12-4-7-18(22-3)16(10-12)20-19(21)9-6-14-5-8-17(23-14)15-11-13(15)2/h4-10,13,15H,11H2,1-3H3,(H,20,21). The maximum Gasteiger partial charge on any atom is 0.248 e. The summed E-state index contributed by atoms with van der Waals surface area (Å²) in [5, 5.41) is 2.83. The first kappa shape index (κ1) is 15.4. The van der Waals surface area contributed by atoms with Crippen LogP contribution in [0.3, 0.4) is 0 Å². The number of ether oxygens (including phenoxy) is 1. The third-order valence-electron chi connectivity index (χ3n) is 4.13. The fourth-order valence-electron chi connectivity index (χ4n) is 2.63. The van der Waals surface area contributed by atoms with Gasteiger partial charge in [-0.2, -0.15) is 0 Å². The first-order valence-corrected chi connectivity index (χ1v) is 7.80. The Morgan fingerprint density at radius 3 is 2.83 bits per heavy atom. The molecule has 2 unspecified atom stereocenters. The Morgan fingerprint density at radius 1 is 1.35 bits per heavy atom. The van der Waals surface area contributed by atoms with Gasteiger partial charge in [0.2, 0.25) is 5.91 Å². The molecular formula is C19H21NO3. The zero-order valence-corrected chi connectivity index (χ0v) is 13.6. The average molecular weight is 311 g/mol. The van der Waals surface area contributed by atoms with Crippen LogP contribution in [0.15, 0.2) is 40.8 Å². The molecule has 2 atom stereocenters. The van der Waals surface area contributed by atoms with Crippen molar-refractivity contribution in [1.29, 1.82) is 0 Å². The second-order valence-electron chi connectivity index (χ2n) is 6.09. The molecule has 0 saturated heterocycles. The highest BCUT2D eigenvalue weighted by molar-refractivity contribution is 6.02. The normalized spacial score (nSPS) is 19.8. The van der Waals surface area contributed by atoms with Crippen molar-refractivity contribution in [3.63, 3.8) is 0 Å². The second-order valence-corrected chi connectivity index (χ2v) is 6.09. The third-order valence-corrected chi connectivity index (χ3v) is 4.13. The van der Waals surface area contributed by atoms with Crippen LogP contribution in [0.4, 0.5) is 5.69 Å². The number of carbonyl (C=O) groups excluding carboxylic acids is 1. The molecule has 4 nitrogen and oxygen atoms in total. The zero-order valence-electron chi connectivity index (χ0n) is 13.6. The molecule has 1 heterocycles. The van der Waals surface area contributed by atoms with Crippen molar-refractivity contribution in [2.75, 3.05) is 12.4 Å². The van der Waals surface area contributed by atoms with E-state index in [0.29, 0.717) is 29.0 Å².